The van der Waals surface area contributed by atoms with Crippen LogP contribution in [0.15, 0.2) is 36.8 Å². The van der Waals surface area contributed by atoms with Gasteiger partial charge in [-0.25, -0.2) is 9.67 Å². The number of nitrogens with one attached hydrogen (secondary N) is 2. The number of pyridine rings is 1. The van der Waals surface area contributed by atoms with Crippen LogP contribution in [0.5, 0.6) is 0 Å². The molecule has 1 atom stereocenters. The smallest absolute Gasteiger partial charge is 0.231 e. The van der Waals surface area contributed by atoms with E-state index in [-0.39, 0.29) is 11.3 Å². The van der Waals surface area contributed by atoms with Crippen molar-refractivity contribution < 1.29 is 4.79 Å². The average molecular weight is 285 g/mol. The SMILES string of the molecule is CC1(C(=O)Nc2ccc(-n3cccn3)nc2)CCCNC1. The molecule has 0 radical (unpaired) electrons. The molecule has 110 valence electrons. The van der Waals surface area contributed by atoms with E-state index in [0.717, 1.165) is 31.7 Å². The lowest BCUT2D eigenvalue weighted by atomic mass is 9.82. The molecule has 1 unspecified atom stereocenters. The van der Waals surface area contributed by atoms with E-state index in [2.05, 4.69) is 20.7 Å². The molecule has 1 aliphatic heterocycles. The summed E-state index contributed by atoms with van der Waals surface area (Å²) in [5, 5.41) is 10.4. The Labute approximate surface area is 123 Å². The van der Waals surface area contributed by atoms with Gasteiger partial charge >= 0.3 is 0 Å². The second kappa shape index (κ2) is 5.65. The molecular weight excluding hydrogens is 266 g/mol. The minimum Gasteiger partial charge on any atom is -0.324 e. The van der Waals surface area contributed by atoms with E-state index in [9.17, 15) is 4.79 Å². The summed E-state index contributed by atoms with van der Waals surface area (Å²) in [6.07, 6.45) is 7.13. The van der Waals surface area contributed by atoms with Crippen molar-refractivity contribution in [1.29, 1.82) is 0 Å². The summed E-state index contributed by atoms with van der Waals surface area (Å²) < 4.78 is 1.68. The number of nitrogens with zero attached hydrogens (tertiary/aromatic N) is 3. The molecule has 3 rings (SSSR count). The molecule has 0 saturated carbocycles. The maximum Gasteiger partial charge on any atom is 0.231 e. The second-order valence-electron chi connectivity index (χ2n) is 5.65. The Morgan fingerprint density at radius 2 is 2.38 bits per heavy atom. The summed E-state index contributed by atoms with van der Waals surface area (Å²) in [5.74, 6) is 0.770. The maximum atomic E-state index is 12.4. The summed E-state index contributed by atoms with van der Waals surface area (Å²) in [5.41, 5.74) is 0.363. The number of rotatable bonds is 3. The van der Waals surface area contributed by atoms with Crippen molar-refractivity contribution in [1.82, 2.24) is 20.1 Å². The van der Waals surface area contributed by atoms with Crippen LogP contribution in [0.3, 0.4) is 0 Å². The minimum atomic E-state index is -0.348. The van der Waals surface area contributed by atoms with Gasteiger partial charge in [-0.05, 0) is 44.5 Å². The summed E-state index contributed by atoms with van der Waals surface area (Å²) in [4.78, 5) is 16.7. The van der Waals surface area contributed by atoms with E-state index in [1.54, 1.807) is 17.1 Å². The zero-order valence-electron chi connectivity index (χ0n) is 12.0. The van der Waals surface area contributed by atoms with E-state index in [1.165, 1.54) is 0 Å². The molecular formula is C15H19N5O. The van der Waals surface area contributed by atoms with Gasteiger partial charge in [0.25, 0.3) is 0 Å². The number of hydrogen-bond acceptors (Lipinski definition) is 4. The Balaban J connectivity index is 1.69. The largest absolute Gasteiger partial charge is 0.324 e. The van der Waals surface area contributed by atoms with Gasteiger partial charge in [-0.3, -0.25) is 4.79 Å². The molecule has 1 aliphatic rings. The average Bonchev–Trinajstić information content (AvgIpc) is 3.03. The fourth-order valence-corrected chi connectivity index (χ4v) is 2.53. The van der Waals surface area contributed by atoms with Crippen molar-refractivity contribution in [3.63, 3.8) is 0 Å². The predicted molar refractivity (Wildman–Crippen MR) is 80.2 cm³/mol. The molecule has 0 bridgehead atoms. The highest BCUT2D eigenvalue weighted by Crippen LogP contribution is 2.27. The quantitative estimate of drug-likeness (QED) is 0.898. The van der Waals surface area contributed by atoms with Crippen LogP contribution >= 0.6 is 0 Å². The fourth-order valence-electron chi connectivity index (χ4n) is 2.53. The molecule has 6 nitrogen and oxygen atoms in total. The zero-order valence-corrected chi connectivity index (χ0v) is 12.0. The number of piperidine rings is 1. The third kappa shape index (κ3) is 2.95. The highest BCUT2D eigenvalue weighted by molar-refractivity contribution is 5.95. The summed E-state index contributed by atoms with van der Waals surface area (Å²) in [7, 11) is 0. The van der Waals surface area contributed by atoms with Gasteiger partial charge in [0.05, 0.1) is 17.3 Å². The molecule has 2 N–H and O–H groups in total. The molecule has 1 amide bonds. The maximum absolute atomic E-state index is 12.4. The third-order valence-corrected chi connectivity index (χ3v) is 3.89. The van der Waals surface area contributed by atoms with Gasteiger partial charge in [-0.2, -0.15) is 5.10 Å². The van der Waals surface area contributed by atoms with Gasteiger partial charge in [-0.1, -0.05) is 0 Å². The Hall–Kier alpha value is -2.21. The van der Waals surface area contributed by atoms with E-state index < -0.39 is 0 Å². The highest BCUT2D eigenvalue weighted by Gasteiger charge is 2.34. The van der Waals surface area contributed by atoms with Gasteiger partial charge in [0, 0.05) is 18.9 Å². The van der Waals surface area contributed by atoms with Crippen molar-refractivity contribution in [3.8, 4) is 5.82 Å². The number of anilines is 1. The second-order valence-corrected chi connectivity index (χ2v) is 5.65. The van der Waals surface area contributed by atoms with E-state index in [1.807, 2.05) is 31.3 Å². The lowest BCUT2D eigenvalue weighted by molar-refractivity contribution is -0.125. The number of amides is 1. The van der Waals surface area contributed by atoms with Gasteiger partial charge in [0.15, 0.2) is 5.82 Å². The Morgan fingerprint density at radius 3 is 3.00 bits per heavy atom. The number of carbonyl (C=O) groups excluding carboxylic acids is 1. The van der Waals surface area contributed by atoms with Crippen LogP contribution in [-0.2, 0) is 4.79 Å². The molecule has 6 heteroatoms. The van der Waals surface area contributed by atoms with Crippen LogP contribution in [0, 0.1) is 5.41 Å². The molecule has 2 aromatic rings. The third-order valence-electron chi connectivity index (χ3n) is 3.89. The normalized spacial score (nSPS) is 22.0. The first-order chi connectivity index (χ1) is 10.2. The Kier molecular flexibility index (Phi) is 3.70. The molecule has 1 fully saturated rings. The van der Waals surface area contributed by atoms with Gasteiger partial charge < -0.3 is 10.6 Å². The van der Waals surface area contributed by atoms with E-state index in [4.69, 9.17) is 0 Å². The van der Waals surface area contributed by atoms with Gasteiger partial charge in [-0.15, -0.1) is 0 Å². The zero-order chi connectivity index (χ0) is 14.7. The van der Waals surface area contributed by atoms with Crippen molar-refractivity contribution >= 4 is 11.6 Å². The molecule has 3 heterocycles. The van der Waals surface area contributed by atoms with Crippen LogP contribution in [0.2, 0.25) is 0 Å². The minimum absolute atomic E-state index is 0.0448. The topological polar surface area (TPSA) is 71.8 Å². The van der Waals surface area contributed by atoms with Crippen molar-refractivity contribution in [2.24, 2.45) is 5.41 Å². The van der Waals surface area contributed by atoms with Crippen molar-refractivity contribution in [3.05, 3.63) is 36.8 Å². The summed E-state index contributed by atoms with van der Waals surface area (Å²) in [6, 6.07) is 5.53. The fraction of sp³-hybridized carbons (Fsp3) is 0.400. The first kappa shape index (κ1) is 13.8. The number of carbonyl (C=O) groups is 1. The van der Waals surface area contributed by atoms with E-state index >= 15 is 0 Å². The Bertz CT molecular complexity index is 600. The van der Waals surface area contributed by atoms with Crippen LogP contribution in [0.25, 0.3) is 5.82 Å². The molecule has 2 aromatic heterocycles. The van der Waals surface area contributed by atoms with Crippen LogP contribution in [0.1, 0.15) is 19.8 Å². The summed E-state index contributed by atoms with van der Waals surface area (Å²) in [6.45, 7) is 3.71. The van der Waals surface area contributed by atoms with Crippen LogP contribution < -0.4 is 10.6 Å². The summed E-state index contributed by atoms with van der Waals surface area (Å²) >= 11 is 0. The standard InChI is InChI=1S/C15H19N5O/c1-15(6-2-7-16-11-15)14(21)19-12-4-5-13(17-10-12)20-9-3-8-18-20/h3-5,8-10,16H,2,6-7,11H2,1H3,(H,19,21). The lowest BCUT2D eigenvalue weighted by Crippen LogP contribution is -2.46. The van der Waals surface area contributed by atoms with Crippen LogP contribution in [-0.4, -0.2) is 33.8 Å². The van der Waals surface area contributed by atoms with Gasteiger partial charge in [0.1, 0.15) is 0 Å². The first-order valence-corrected chi connectivity index (χ1v) is 7.16. The van der Waals surface area contributed by atoms with Crippen molar-refractivity contribution in [2.75, 3.05) is 18.4 Å². The molecule has 21 heavy (non-hydrogen) atoms. The van der Waals surface area contributed by atoms with Crippen LogP contribution in [0.4, 0.5) is 5.69 Å². The van der Waals surface area contributed by atoms with Gasteiger partial charge in [0.2, 0.25) is 5.91 Å². The number of hydrogen-bond donors (Lipinski definition) is 2. The van der Waals surface area contributed by atoms with Crippen molar-refractivity contribution in [2.45, 2.75) is 19.8 Å². The molecule has 0 spiro atoms. The first-order valence-electron chi connectivity index (χ1n) is 7.16. The molecule has 0 aliphatic carbocycles. The molecule has 1 saturated heterocycles. The predicted octanol–water partition coefficient (Wildman–Crippen LogP) is 1.60. The number of aromatic nitrogens is 3. The highest BCUT2D eigenvalue weighted by atomic mass is 16.2. The molecule has 0 aromatic carbocycles. The Morgan fingerprint density at radius 1 is 1.48 bits per heavy atom. The lowest BCUT2D eigenvalue weighted by Gasteiger charge is -2.32. The van der Waals surface area contributed by atoms with E-state index in [0.29, 0.717) is 5.69 Å². The monoisotopic (exact) mass is 285 g/mol.